The first-order valence-electron chi connectivity index (χ1n) is 12.5. The average Bonchev–Trinajstić information content (AvgIpc) is 3.40. The van der Waals surface area contributed by atoms with Gasteiger partial charge in [-0.15, -0.1) is 0 Å². The molecular weight excluding hydrogens is 577 g/mol. The fraction of sp³-hybridized carbons (Fsp3) is 0.296. The molecule has 208 valence electrons. The van der Waals surface area contributed by atoms with Crippen molar-refractivity contribution in [1.29, 1.82) is 0 Å². The second-order valence-corrected chi connectivity index (χ2v) is 14.2. The zero-order chi connectivity index (χ0) is 27.9. The van der Waals surface area contributed by atoms with Gasteiger partial charge in [0.25, 0.3) is 15.1 Å². The van der Waals surface area contributed by atoms with Crippen molar-refractivity contribution in [3.63, 3.8) is 0 Å². The number of para-hydroxylation sites is 2. The molecule has 1 aromatic heterocycles. The molecule has 0 aliphatic carbocycles. The summed E-state index contributed by atoms with van der Waals surface area (Å²) in [6.07, 6.45) is 11.9. The normalized spacial score (nSPS) is 15.3. The molecule has 0 atom stereocenters. The minimum Gasteiger partial charge on any atom is -0.748 e. The summed E-state index contributed by atoms with van der Waals surface area (Å²) >= 11 is 3.31. The number of thiazole rings is 1. The Morgan fingerprint density at radius 3 is 2.44 bits per heavy atom. The molecule has 2 heterocycles. The second kappa shape index (κ2) is 13.2. The summed E-state index contributed by atoms with van der Waals surface area (Å²) in [6, 6.07) is 16.1. The van der Waals surface area contributed by atoms with Crippen molar-refractivity contribution in [3.8, 4) is 0 Å². The van der Waals surface area contributed by atoms with Crippen LogP contribution in [0, 0.1) is 0 Å². The molecule has 12 heteroatoms. The number of nitrogens with zero attached hydrogens (tertiary/aromatic N) is 2. The van der Waals surface area contributed by atoms with E-state index >= 15 is 0 Å². The topological polar surface area (TPSA) is 119 Å². The van der Waals surface area contributed by atoms with Crippen LogP contribution in [0.5, 0.6) is 0 Å². The van der Waals surface area contributed by atoms with Crippen molar-refractivity contribution in [2.24, 2.45) is 0 Å². The van der Waals surface area contributed by atoms with Crippen LogP contribution in [0.25, 0.3) is 16.3 Å². The molecule has 8 nitrogen and oxygen atoms in total. The van der Waals surface area contributed by atoms with Crippen molar-refractivity contribution in [2.75, 3.05) is 23.0 Å². The van der Waals surface area contributed by atoms with Gasteiger partial charge in [-0.2, -0.15) is 13.0 Å². The molecule has 3 aromatic rings. The number of aryl methyl sites for hydroxylation is 1. The van der Waals surface area contributed by atoms with Crippen LogP contribution < -0.4 is 9.47 Å². The molecule has 0 amide bonds. The summed E-state index contributed by atoms with van der Waals surface area (Å²) in [7, 11) is -8.16. The Kier molecular flexibility index (Phi) is 10.0. The Labute approximate surface area is 237 Å². The molecule has 1 N–H and O–H groups in total. The number of aromatic nitrogens is 1. The Balaban J connectivity index is 1.44. The largest absolute Gasteiger partial charge is 0.748 e. The average molecular weight is 607 g/mol. The summed E-state index contributed by atoms with van der Waals surface area (Å²) < 4.78 is 67.2. The van der Waals surface area contributed by atoms with Crippen LogP contribution in [0.2, 0.25) is 0 Å². The van der Waals surface area contributed by atoms with Gasteiger partial charge in [-0.25, -0.2) is 8.42 Å². The third-order valence-corrected chi connectivity index (χ3v) is 9.89. The van der Waals surface area contributed by atoms with E-state index in [1.807, 2.05) is 66.8 Å². The zero-order valence-electron chi connectivity index (χ0n) is 21.2. The second-order valence-electron chi connectivity index (χ2n) is 8.99. The van der Waals surface area contributed by atoms with Crippen LogP contribution in [0.3, 0.4) is 0 Å². The van der Waals surface area contributed by atoms with Gasteiger partial charge < -0.3 is 9.45 Å². The smallest absolute Gasteiger partial charge is 0.264 e. The highest BCUT2D eigenvalue weighted by Gasteiger charge is 2.23. The first-order valence-corrected chi connectivity index (χ1v) is 17.3. The molecule has 0 unspecified atom stereocenters. The van der Waals surface area contributed by atoms with E-state index in [-0.39, 0.29) is 11.5 Å². The quantitative estimate of drug-likeness (QED) is 0.122. The van der Waals surface area contributed by atoms with Crippen molar-refractivity contribution in [2.45, 2.75) is 37.1 Å². The van der Waals surface area contributed by atoms with Gasteiger partial charge >= 0.3 is 0 Å². The highest BCUT2D eigenvalue weighted by molar-refractivity contribution is 8.03. The van der Waals surface area contributed by atoms with E-state index in [9.17, 15) is 21.4 Å². The number of hydrogen-bond donors (Lipinski definition) is 1. The highest BCUT2D eigenvalue weighted by atomic mass is 32.2. The standard InChI is InChI=1S/C27H30N2O6S4/c30-38(31,32)20-10-8-18-28-22-12-4-6-14-24(22)36-26(28)16-2-1-3-17-27-29(19-9-11-21-39(33,34)35)23-13-5-7-15-25(23)37-27/h1-7,12-17H,8-11,18-21H2,(H-,30,31,32,33,34,35). The molecule has 1 aliphatic heterocycles. The molecule has 0 radical (unpaired) electrons. The zero-order valence-corrected chi connectivity index (χ0v) is 24.4. The molecule has 0 saturated carbocycles. The van der Waals surface area contributed by atoms with Crippen LogP contribution in [0.1, 0.15) is 30.7 Å². The Morgan fingerprint density at radius 2 is 1.64 bits per heavy atom. The van der Waals surface area contributed by atoms with Crippen molar-refractivity contribution in [1.82, 2.24) is 0 Å². The lowest BCUT2D eigenvalue weighted by Crippen LogP contribution is -2.35. The Morgan fingerprint density at radius 1 is 0.897 bits per heavy atom. The van der Waals surface area contributed by atoms with Gasteiger partial charge in [-0.05, 0) is 43.5 Å². The summed E-state index contributed by atoms with van der Waals surface area (Å²) in [6.45, 7) is 1.26. The number of anilines is 1. The maximum atomic E-state index is 11.0. The number of rotatable bonds is 13. The van der Waals surface area contributed by atoms with E-state index in [1.165, 1.54) is 0 Å². The Bertz CT molecular complexity index is 1610. The predicted molar refractivity (Wildman–Crippen MR) is 157 cm³/mol. The van der Waals surface area contributed by atoms with E-state index in [2.05, 4.69) is 21.6 Å². The van der Waals surface area contributed by atoms with E-state index in [0.29, 0.717) is 38.8 Å². The number of allylic oxidation sites excluding steroid dienone is 4. The SMILES string of the molecule is O=S(=O)([O-])CCCCN1C(=CC=CC=Cc2sc3ccccc3[n+]2CCCCS(=O)(=O)O)Sc2ccccc21. The Hall–Kier alpha value is -2.48. The minimum absolute atomic E-state index is 0.241. The molecule has 1 aliphatic rings. The van der Waals surface area contributed by atoms with Gasteiger partial charge in [0.2, 0.25) is 5.52 Å². The van der Waals surface area contributed by atoms with Crippen LogP contribution in [-0.4, -0.2) is 44.0 Å². The van der Waals surface area contributed by atoms with Crippen LogP contribution in [0.4, 0.5) is 5.69 Å². The van der Waals surface area contributed by atoms with Gasteiger partial charge in [0, 0.05) is 35.8 Å². The lowest BCUT2D eigenvalue weighted by molar-refractivity contribution is -0.669. The van der Waals surface area contributed by atoms with Crippen LogP contribution in [-0.2, 0) is 26.8 Å². The fourth-order valence-electron chi connectivity index (χ4n) is 4.26. The van der Waals surface area contributed by atoms with E-state index in [0.717, 1.165) is 30.8 Å². The number of benzene rings is 2. The predicted octanol–water partition coefficient (Wildman–Crippen LogP) is 5.21. The van der Waals surface area contributed by atoms with Gasteiger partial charge in [0.05, 0.1) is 26.6 Å². The molecule has 0 bridgehead atoms. The van der Waals surface area contributed by atoms with Crippen molar-refractivity contribution < 1.29 is 30.5 Å². The highest BCUT2D eigenvalue weighted by Crippen LogP contribution is 2.45. The summed E-state index contributed by atoms with van der Waals surface area (Å²) in [5.74, 6) is -0.591. The number of thioether (sulfide) groups is 1. The third-order valence-electron chi connectivity index (χ3n) is 6.03. The number of fused-ring (bicyclic) bond motifs is 2. The number of hydrogen-bond acceptors (Lipinski definition) is 8. The van der Waals surface area contributed by atoms with Crippen molar-refractivity contribution in [3.05, 3.63) is 82.9 Å². The summed E-state index contributed by atoms with van der Waals surface area (Å²) in [4.78, 5) is 3.28. The van der Waals surface area contributed by atoms with E-state index in [4.69, 9.17) is 4.55 Å². The molecule has 4 rings (SSSR count). The lowest BCUT2D eigenvalue weighted by atomic mass is 10.2. The summed E-state index contributed by atoms with van der Waals surface area (Å²) in [5.41, 5.74) is 2.16. The van der Waals surface area contributed by atoms with Gasteiger partial charge in [0.1, 0.15) is 4.70 Å². The molecule has 0 spiro atoms. The fourth-order valence-corrected chi connectivity index (χ4v) is 7.59. The van der Waals surface area contributed by atoms with Crippen LogP contribution >= 0.6 is 23.1 Å². The third kappa shape index (κ3) is 8.75. The monoisotopic (exact) mass is 606 g/mol. The maximum absolute atomic E-state index is 11.0. The maximum Gasteiger partial charge on any atom is 0.264 e. The van der Waals surface area contributed by atoms with E-state index < -0.39 is 20.2 Å². The first-order chi connectivity index (χ1) is 18.6. The molecule has 0 saturated heterocycles. The molecule has 39 heavy (non-hydrogen) atoms. The van der Waals surface area contributed by atoms with Crippen LogP contribution in [0.15, 0.2) is 82.8 Å². The van der Waals surface area contributed by atoms with E-state index in [1.54, 1.807) is 23.1 Å². The van der Waals surface area contributed by atoms with Gasteiger partial charge in [-0.3, -0.25) is 4.55 Å². The molecule has 0 fully saturated rings. The summed E-state index contributed by atoms with van der Waals surface area (Å²) in [5, 5.41) is 2.07. The van der Waals surface area contributed by atoms with Gasteiger partial charge in [-0.1, -0.05) is 65.6 Å². The first kappa shape index (κ1) is 29.5. The van der Waals surface area contributed by atoms with Crippen molar-refractivity contribution >= 4 is 65.3 Å². The molecule has 2 aromatic carbocycles. The van der Waals surface area contributed by atoms with Gasteiger partial charge in [0.15, 0.2) is 6.54 Å². The molecular formula is C27H30N2O6S4. The minimum atomic E-state index is -4.20. The number of unbranched alkanes of at least 4 members (excludes halogenated alkanes) is 2. The lowest BCUT2D eigenvalue weighted by Gasteiger charge is -2.20.